The molecule has 0 radical (unpaired) electrons. The van der Waals surface area contributed by atoms with Gasteiger partial charge in [0.1, 0.15) is 11.6 Å². The first kappa shape index (κ1) is 14.7. The standard InChI is InChI=1S/C16H14N4O3/c1-7-3-4-8(2)9(5-7)11-10(6-17)13(18)23-15-12(11)14(21)19-16(22)20-15/h3-5,11H,18H2,1-2H3,(H2,19,20,21,22)/t11-/m1/s1. The summed E-state index contributed by atoms with van der Waals surface area (Å²) in [7, 11) is 0. The van der Waals surface area contributed by atoms with Gasteiger partial charge in [0.2, 0.25) is 11.8 Å². The molecule has 23 heavy (non-hydrogen) atoms. The fourth-order valence-electron chi connectivity index (χ4n) is 2.77. The SMILES string of the molecule is Cc1ccc(C)c([C@@H]2C(C#N)=C(N)Oc3[nH]c(=O)[nH]c(=O)c32)c1. The molecule has 1 aliphatic heterocycles. The van der Waals surface area contributed by atoms with Gasteiger partial charge in [0.05, 0.1) is 11.5 Å². The lowest BCUT2D eigenvalue weighted by atomic mass is 9.82. The molecule has 1 aromatic carbocycles. The van der Waals surface area contributed by atoms with Crippen LogP contribution in [0.4, 0.5) is 0 Å². The normalized spacial score (nSPS) is 16.5. The van der Waals surface area contributed by atoms with Crippen molar-refractivity contribution in [2.75, 3.05) is 0 Å². The number of allylic oxidation sites excluding steroid dienone is 1. The minimum Gasteiger partial charge on any atom is -0.424 e. The number of aromatic amines is 2. The van der Waals surface area contributed by atoms with E-state index in [0.29, 0.717) is 0 Å². The summed E-state index contributed by atoms with van der Waals surface area (Å²) in [6.45, 7) is 3.80. The molecular formula is C16H14N4O3. The Morgan fingerprint density at radius 1 is 1.26 bits per heavy atom. The van der Waals surface area contributed by atoms with E-state index >= 15 is 0 Å². The first-order valence-electron chi connectivity index (χ1n) is 6.93. The van der Waals surface area contributed by atoms with E-state index in [-0.39, 0.29) is 22.9 Å². The van der Waals surface area contributed by atoms with Gasteiger partial charge in [-0.3, -0.25) is 14.8 Å². The van der Waals surface area contributed by atoms with Crippen LogP contribution < -0.4 is 21.7 Å². The predicted molar refractivity (Wildman–Crippen MR) is 82.9 cm³/mol. The molecule has 2 aromatic rings. The lowest BCUT2D eigenvalue weighted by molar-refractivity contribution is 0.373. The fourth-order valence-corrected chi connectivity index (χ4v) is 2.77. The Balaban J connectivity index is 2.39. The second-order valence-electron chi connectivity index (χ2n) is 5.44. The van der Waals surface area contributed by atoms with E-state index in [2.05, 4.69) is 9.97 Å². The summed E-state index contributed by atoms with van der Waals surface area (Å²) in [5, 5.41) is 9.47. The van der Waals surface area contributed by atoms with E-state index in [0.717, 1.165) is 16.7 Å². The van der Waals surface area contributed by atoms with Gasteiger partial charge in [-0.25, -0.2) is 4.79 Å². The zero-order valence-electron chi connectivity index (χ0n) is 12.6. The van der Waals surface area contributed by atoms with Crippen LogP contribution in [0.2, 0.25) is 0 Å². The smallest absolute Gasteiger partial charge is 0.328 e. The molecule has 0 amide bonds. The van der Waals surface area contributed by atoms with E-state index in [4.69, 9.17) is 10.5 Å². The molecule has 0 spiro atoms. The summed E-state index contributed by atoms with van der Waals surface area (Å²) >= 11 is 0. The highest BCUT2D eigenvalue weighted by Crippen LogP contribution is 2.39. The molecule has 0 aliphatic carbocycles. The summed E-state index contributed by atoms with van der Waals surface area (Å²) in [6, 6.07) is 7.76. The molecule has 7 nitrogen and oxygen atoms in total. The van der Waals surface area contributed by atoms with Gasteiger partial charge in [-0.15, -0.1) is 0 Å². The Kier molecular flexibility index (Phi) is 3.30. The van der Waals surface area contributed by atoms with Crippen molar-refractivity contribution >= 4 is 0 Å². The topological polar surface area (TPSA) is 125 Å². The van der Waals surface area contributed by atoms with Gasteiger partial charge < -0.3 is 10.5 Å². The fraction of sp³-hybridized carbons (Fsp3) is 0.188. The third-order valence-corrected chi connectivity index (χ3v) is 3.86. The number of benzene rings is 1. The Labute approximate surface area is 131 Å². The van der Waals surface area contributed by atoms with Gasteiger partial charge >= 0.3 is 5.69 Å². The number of nitrogens with zero attached hydrogens (tertiary/aromatic N) is 1. The van der Waals surface area contributed by atoms with Crippen LogP contribution in [0.5, 0.6) is 5.88 Å². The molecular weight excluding hydrogens is 296 g/mol. The number of nitrogens with two attached hydrogens (primary N) is 1. The third kappa shape index (κ3) is 2.30. The van der Waals surface area contributed by atoms with Crippen LogP contribution in [0.15, 0.2) is 39.2 Å². The van der Waals surface area contributed by atoms with Crippen LogP contribution in [0.3, 0.4) is 0 Å². The first-order chi connectivity index (χ1) is 10.9. The Hall–Kier alpha value is -3.27. The predicted octanol–water partition coefficient (Wildman–Crippen LogP) is 0.898. The third-order valence-electron chi connectivity index (χ3n) is 3.86. The number of H-pyrrole nitrogens is 2. The van der Waals surface area contributed by atoms with Crippen LogP contribution in [0.1, 0.15) is 28.2 Å². The molecule has 4 N–H and O–H groups in total. The largest absolute Gasteiger partial charge is 0.424 e. The molecule has 1 atom stereocenters. The van der Waals surface area contributed by atoms with Crippen LogP contribution in [0, 0.1) is 25.2 Å². The lowest BCUT2D eigenvalue weighted by Gasteiger charge is -2.26. The van der Waals surface area contributed by atoms with Crippen molar-refractivity contribution in [2.45, 2.75) is 19.8 Å². The number of aryl methyl sites for hydroxylation is 2. The highest BCUT2D eigenvalue weighted by Gasteiger charge is 2.34. The minimum atomic E-state index is -0.693. The highest BCUT2D eigenvalue weighted by molar-refractivity contribution is 5.54. The molecule has 7 heteroatoms. The average Bonchev–Trinajstić information content (AvgIpc) is 2.48. The van der Waals surface area contributed by atoms with E-state index < -0.39 is 17.2 Å². The average molecular weight is 310 g/mol. The van der Waals surface area contributed by atoms with Crippen molar-refractivity contribution in [3.63, 3.8) is 0 Å². The number of aromatic nitrogens is 2. The van der Waals surface area contributed by atoms with Gasteiger partial charge in [-0.05, 0) is 25.0 Å². The zero-order chi connectivity index (χ0) is 16.7. The van der Waals surface area contributed by atoms with Crippen molar-refractivity contribution in [3.05, 3.63) is 72.7 Å². The van der Waals surface area contributed by atoms with E-state index in [1.165, 1.54) is 0 Å². The van der Waals surface area contributed by atoms with Crippen molar-refractivity contribution in [2.24, 2.45) is 5.73 Å². The molecule has 0 saturated heterocycles. The lowest BCUT2D eigenvalue weighted by Crippen LogP contribution is -2.33. The molecule has 3 rings (SSSR count). The quantitative estimate of drug-likeness (QED) is 0.721. The van der Waals surface area contributed by atoms with E-state index in [1.807, 2.05) is 38.1 Å². The summed E-state index contributed by atoms with van der Waals surface area (Å²) in [4.78, 5) is 28.4. The Morgan fingerprint density at radius 3 is 2.70 bits per heavy atom. The second-order valence-corrected chi connectivity index (χ2v) is 5.44. The molecule has 1 aromatic heterocycles. The Morgan fingerprint density at radius 2 is 2.00 bits per heavy atom. The molecule has 0 unspecified atom stereocenters. The minimum absolute atomic E-state index is 0.0267. The maximum atomic E-state index is 12.3. The monoisotopic (exact) mass is 310 g/mol. The van der Waals surface area contributed by atoms with Crippen molar-refractivity contribution < 1.29 is 4.74 Å². The number of rotatable bonds is 1. The van der Waals surface area contributed by atoms with E-state index in [9.17, 15) is 14.9 Å². The van der Waals surface area contributed by atoms with Crippen molar-refractivity contribution in [3.8, 4) is 11.9 Å². The second kappa shape index (κ2) is 5.18. The summed E-state index contributed by atoms with van der Waals surface area (Å²) < 4.78 is 5.28. The van der Waals surface area contributed by atoms with Crippen LogP contribution >= 0.6 is 0 Å². The summed E-state index contributed by atoms with van der Waals surface area (Å²) in [5.41, 5.74) is 7.49. The molecule has 0 saturated carbocycles. The molecule has 0 bridgehead atoms. The van der Waals surface area contributed by atoms with Gasteiger partial charge in [-0.2, -0.15) is 5.26 Å². The highest BCUT2D eigenvalue weighted by atomic mass is 16.5. The van der Waals surface area contributed by atoms with Gasteiger partial charge in [0, 0.05) is 0 Å². The number of nitriles is 1. The van der Waals surface area contributed by atoms with Gasteiger partial charge in [-0.1, -0.05) is 23.8 Å². The van der Waals surface area contributed by atoms with E-state index in [1.54, 1.807) is 0 Å². The first-order valence-corrected chi connectivity index (χ1v) is 6.93. The molecule has 1 aliphatic rings. The molecule has 2 heterocycles. The summed E-state index contributed by atoms with van der Waals surface area (Å²) in [6.07, 6.45) is 0. The van der Waals surface area contributed by atoms with Gasteiger partial charge in [0.15, 0.2) is 0 Å². The zero-order valence-corrected chi connectivity index (χ0v) is 12.6. The molecule has 0 fully saturated rings. The van der Waals surface area contributed by atoms with Crippen molar-refractivity contribution in [1.29, 1.82) is 5.26 Å². The summed E-state index contributed by atoms with van der Waals surface area (Å²) in [5.74, 6) is -0.836. The maximum Gasteiger partial charge on any atom is 0.328 e. The van der Waals surface area contributed by atoms with Crippen molar-refractivity contribution in [1.82, 2.24) is 9.97 Å². The molecule has 116 valence electrons. The van der Waals surface area contributed by atoms with Crippen LogP contribution in [-0.2, 0) is 0 Å². The van der Waals surface area contributed by atoms with Crippen LogP contribution in [0.25, 0.3) is 0 Å². The maximum absolute atomic E-state index is 12.3. The number of hydrogen-bond acceptors (Lipinski definition) is 5. The van der Waals surface area contributed by atoms with Crippen LogP contribution in [-0.4, -0.2) is 9.97 Å². The number of ether oxygens (including phenoxy) is 1. The number of fused-ring (bicyclic) bond motifs is 1. The Bertz CT molecular complexity index is 992. The number of hydrogen-bond donors (Lipinski definition) is 3. The number of nitrogens with one attached hydrogen (secondary N) is 2. The van der Waals surface area contributed by atoms with Gasteiger partial charge in [0.25, 0.3) is 5.56 Å².